The van der Waals surface area contributed by atoms with Crippen molar-refractivity contribution < 1.29 is 9.53 Å². The van der Waals surface area contributed by atoms with Gasteiger partial charge < -0.3 is 9.64 Å². The number of hydrogen-bond acceptors (Lipinski definition) is 3. The lowest BCUT2D eigenvalue weighted by molar-refractivity contribution is -0.142. The highest BCUT2D eigenvalue weighted by atomic mass is 16.5. The minimum Gasteiger partial charge on any atom is -0.368 e. The summed E-state index contributed by atoms with van der Waals surface area (Å²) in [6.07, 6.45) is 3.84. The van der Waals surface area contributed by atoms with Gasteiger partial charge in [-0.25, -0.2) is 0 Å². The summed E-state index contributed by atoms with van der Waals surface area (Å²) >= 11 is 0. The van der Waals surface area contributed by atoms with Gasteiger partial charge in [-0.2, -0.15) is 5.10 Å². The van der Waals surface area contributed by atoms with Gasteiger partial charge in [-0.1, -0.05) is 0 Å². The van der Waals surface area contributed by atoms with Gasteiger partial charge in [0.2, 0.25) is 0 Å². The number of likely N-dealkylation sites (tertiary alicyclic amines) is 1. The van der Waals surface area contributed by atoms with Crippen molar-refractivity contribution in [1.29, 1.82) is 0 Å². The van der Waals surface area contributed by atoms with E-state index in [9.17, 15) is 4.79 Å². The Labute approximate surface area is 119 Å². The highest BCUT2D eigenvalue weighted by molar-refractivity contribution is 5.81. The molecule has 5 heteroatoms. The number of nitrogens with zero attached hydrogens (tertiary/aromatic N) is 3. The SMILES string of the molecule is Cc1cc(C)n(CC2CCCN2C(=O)C2CCCO2)n1. The molecule has 2 fully saturated rings. The predicted octanol–water partition coefficient (Wildman–Crippen LogP) is 1.67. The largest absolute Gasteiger partial charge is 0.368 e. The highest BCUT2D eigenvalue weighted by Gasteiger charge is 2.35. The van der Waals surface area contributed by atoms with Crippen LogP contribution in [0.5, 0.6) is 0 Å². The molecule has 0 spiro atoms. The third-order valence-electron chi connectivity index (χ3n) is 4.35. The Morgan fingerprint density at radius 3 is 2.90 bits per heavy atom. The van der Waals surface area contributed by atoms with Crippen molar-refractivity contribution in [3.8, 4) is 0 Å². The summed E-state index contributed by atoms with van der Waals surface area (Å²) in [5.74, 6) is 0.187. The molecule has 0 N–H and O–H groups in total. The van der Waals surface area contributed by atoms with Crippen LogP contribution in [0.2, 0.25) is 0 Å². The predicted molar refractivity (Wildman–Crippen MR) is 75.4 cm³/mol. The van der Waals surface area contributed by atoms with E-state index in [1.54, 1.807) is 0 Å². The normalized spacial score (nSPS) is 26.4. The van der Waals surface area contributed by atoms with E-state index in [1.165, 1.54) is 5.69 Å². The molecule has 20 heavy (non-hydrogen) atoms. The summed E-state index contributed by atoms with van der Waals surface area (Å²) in [5.41, 5.74) is 2.21. The van der Waals surface area contributed by atoms with Crippen LogP contribution < -0.4 is 0 Å². The van der Waals surface area contributed by atoms with Crippen LogP contribution in [-0.4, -0.2) is 45.9 Å². The fourth-order valence-electron chi connectivity index (χ4n) is 3.33. The fourth-order valence-corrected chi connectivity index (χ4v) is 3.33. The van der Waals surface area contributed by atoms with Crippen LogP contribution in [0.25, 0.3) is 0 Å². The number of carbonyl (C=O) groups is 1. The van der Waals surface area contributed by atoms with Gasteiger partial charge in [0, 0.05) is 18.8 Å². The van der Waals surface area contributed by atoms with Crippen molar-refractivity contribution in [3.63, 3.8) is 0 Å². The Morgan fingerprint density at radius 2 is 2.25 bits per heavy atom. The average Bonchev–Trinajstić information content (AvgIpc) is 3.12. The zero-order valence-electron chi connectivity index (χ0n) is 12.3. The van der Waals surface area contributed by atoms with E-state index in [0.29, 0.717) is 0 Å². The first kappa shape index (κ1) is 13.6. The number of hydrogen-bond donors (Lipinski definition) is 0. The standard InChI is InChI=1S/C15H23N3O2/c1-11-9-12(2)18(16-11)10-13-5-3-7-17(13)15(19)14-6-4-8-20-14/h9,13-14H,3-8,10H2,1-2H3. The second-order valence-electron chi connectivity index (χ2n) is 5.94. The quantitative estimate of drug-likeness (QED) is 0.844. The van der Waals surface area contributed by atoms with Gasteiger partial charge in [0.1, 0.15) is 6.10 Å². The first-order valence-electron chi connectivity index (χ1n) is 7.58. The molecule has 2 saturated heterocycles. The first-order valence-corrected chi connectivity index (χ1v) is 7.58. The van der Waals surface area contributed by atoms with Crippen molar-refractivity contribution >= 4 is 5.91 Å². The number of aromatic nitrogens is 2. The molecule has 110 valence electrons. The molecule has 2 unspecified atom stereocenters. The Balaban J connectivity index is 1.69. The maximum atomic E-state index is 12.5. The van der Waals surface area contributed by atoms with Crippen LogP contribution in [0.4, 0.5) is 0 Å². The summed E-state index contributed by atoms with van der Waals surface area (Å²) in [6, 6.07) is 2.35. The van der Waals surface area contributed by atoms with Gasteiger partial charge >= 0.3 is 0 Å². The molecule has 1 aromatic heterocycles. The fraction of sp³-hybridized carbons (Fsp3) is 0.733. The Bertz CT molecular complexity index is 491. The van der Waals surface area contributed by atoms with E-state index in [4.69, 9.17) is 4.74 Å². The number of rotatable bonds is 3. The number of ether oxygens (including phenoxy) is 1. The maximum absolute atomic E-state index is 12.5. The molecule has 0 aromatic carbocycles. The van der Waals surface area contributed by atoms with Gasteiger partial charge in [-0.3, -0.25) is 9.48 Å². The molecule has 1 amide bonds. The number of aryl methyl sites for hydroxylation is 2. The average molecular weight is 277 g/mol. The second-order valence-corrected chi connectivity index (χ2v) is 5.94. The Morgan fingerprint density at radius 1 is 1.40 bits per heavy atom. The first-order chi connectivity index (χ1) is 9.65. The summed E-state index contributed by atoms with van der Waals surface area (Å²) in [4.78, 5) is 14.5. The molecule has 2 aliphatic rings. The van der Waals surface area contributed by atoms with Crippen LogP contribution in [0, 0.1) is 13.8 Å². The minimum absolute atomic E-state index is 0.187. The van der Waals surface area contributed by atoms with E-state index < -0.39 is 0 Å². The minimum atomic E-state index is -0.198. The zero-order valence-corrected chi connectivity index (χ0v) is 12.3. The third kappa shape index (κ3) is 2.59. The molecule has 0 bridgehead atoms. The molecule has 0 aliphatic carbocycles. The van der Waals surface area contributed by atoms with E-state index in [2.05, 4.69) is 18.1 Å². The highest BCUT2D eigenvalue weighted by Crippen LogP contribution is 2.24. The molecule has 5 nitrogen and oxygen atoms in total. The number of carbonyl (C=O) groups excluding carboxylic acids is 1. The molecule has 3 rings (SSSR count). The van der Waals surface area contributed by atoms with Gasteiger partial charge in [0.15, 0.2) is 0 Å². The van der Waals surface area contributed by atoms with Crippen LogP contribution in [0.1, 0.15) is 37.1 Å². The Hall–Kier alpha value is -1.36. The summed E-state index contributed by atoms with van der Waals surface area (Å²) < 4.78 is 7.57. The second kappa shape index (κ2) is 5.56. The topological polar surface area (TPSA) is 47.4 Å². The van der Waals surface area contributed by atoms with Crippen molar-refractivity contribution in [1.82, 2.24) is 14.7 Å². The summed E-state index contributed by atoms with van der Waals surface area (Å²) in [6.45, 7) is 6.47. The molecule has 3 heterocycles. The van der Waals surface area contributed by atoms with Gasteiger partial charge in [0.25, 0.3) is 5.91 Å². The van der Waals surface area contributed by atoms with Crippen LogP contribution in [-0.2, 0) is 16.1 Å². The van der Waals surface area contributed by atoms with Gasteiger partial charge in [0.05, 0.1) is 18.3 Å². The van der Waals surface area contributed by atoms with Crippen LogP contribution in [0.15, 0.2) is 6.07 Å². The van der Waals surface area contributed by atoms with E-state index in [0.717, 1.165) is 51.1 Å². The van der Waals surface area contributed by atoms with Gasteiger partial charge in [-0.15, -0.1) is 0 Å². The molecule has 1 aromatic rings. The molecular formula is C15H23N3O2. The lowest BCUT2D eigenvalue weighted by Crippen LogP contribution is -2.43. The zero-order chi connectivity index (χ0) is 14.1. The number of amides is 1. The lowest BCUT2D eigenvalue weighted by atomic mass is 10.2. The van der Waals surface area contributed by atoms with Crippen molar-refractivity contribution in [2.75, 3.05) is 13.2 Å². The van der Waals surface area contributed by atoms with E-state index in [1.807, 2.05) is 16.5 Å². The summed E-state index contributed by atoms with van der Waals surface area (Å²) in [7, 11) is 0. The molecular weight excluding hydrogens is 254 g/mol. The van der Waals surface area contributed by atoms with Crippen molar-refractivity contribution in [3.05, 3.63) is 17.5 Å². The van der Waals surface area contributed by atoms with Crippen LogP contribution >= 0.6 is 0 Å². The van der Waals surface area contributed by atoms with Crippen LogP contribution in [0.3, 0.4) is 0 Å². The van der Waals surface area contributed by atoms with Crippen molar-refractivity contribution in [2.24, 2.45) is 0 Å². The maximum Gasteiger partial charge on any atom is 0.252 e. The molecule has 2 atom stereocenters. The lowest BCUT2D eigenvalue weighted by Gasteiger charge is -2.27. The van der Waals surface area contributed by atoms with E-state index >= 15 is 0 Å². The molecule has 0 radical (unpaired) electrons. The summed E-state index contributed by atoms with van der Waals surface area (Å²) in [5, 5.41) is 4.51. The molecule has 2 aliphatic heterocycles. The monoisotopic (exact) mass is 277 g/mol. The smallest absolute Gasteiger partial charge is 0.252 e. The van der Waals surface area contributed by atoms with Crippen molar-refractivity contribution in [2.45, 2.75) is 58.2 Å². The Kier molecular flexibility index (Phi) is 3.78. The third-order valence-corrected chi connectivity index (χ3v) is 4.35. The molecule has 0 saturated carbocycles. The van der Waals surface area contributed by atoms with E-state index in [-0.39, 0.29) is 18.1 Å². The van der Waals surface area contributed by atoms with Gasteiger partial charge in [-0.05, 0) is 45.6 Å².